The van der Waals surface area contributed by atoms with E-state index in [1.165, 1.54) is 6.08 Å². The van der Waals surface area contributed by atoms with E-state index < -0.39 is 0 Å². The third-order valence-corrected chi connectivity index (χ3v) is 4.62. The fourth-order valence-corrected chi connectivity index (χ4v) is 2.84. The van der Waals surface area contributed by atoms with Gasteiger partial charge in [-0.05, 0) is 31.9 Å². The Morgan fingerprint density at radius 1 is 1.30 bits per heavy atom. The van der Waals surface area contributed by atoms with Crippen molar-refractivity contribution in [3.8, 4) is 16.9 Å². The van der Waals surface area contributed by atoms with Gasteiger partial charge in [-0.1, -0.05) is 18.2 Å². The number of hydrogen-bond acceptors (Lipinski definition) is 6. The predicted octanol–water partition coefficient (Wildman–Crippen LogP) is 3.01. The zero-order valence-corrected chi connectivity index (χ0v) is 16.9. The normalized spacial score (nSPS) is 15.1. The molecule has 0 saturated heterocycles. The Morgan fingerprint density at radius 3 is 2.67 bits per heavy atom. The molecule has 1 fully saturated rings. The van der Waals surface area contributed by atoms with Crippen molar-refractivity contribution in [2.24, 2.45) is 22.4 Å². The van der Waals surface area contributed by atoms with E-state index in [1.54, 1.807) is 19.4 Å². The van der Waals surface area contributed by atoms with Crippen molar-refractivity contribution in [2.45, 2.75) is 19.8 Å². The van der Waals surface area contributed by atoms with Gasteiger partial charge in [0.25, 0.3) is 5.91 Å². The van der Waals surface area contributed by atoms with Crippen molar-refractivity contribution in [2.75, 3.05) is 12.4 Å². The minimum atomic E-state index is -0.249. The SMILES string of the molecule is COc1c(NC(=C/C(N)=NC(=O)C2CC2)/C(N)=C\O)cccc1-c1ccc(C)nc1. The molecule has 156 valence electrons. The highest BCUT2D eigenvalue weighted by Gasteiger charge is 2.29. The number of nitrogens with one attached hydrogen (secondary N) is 1. The maximum absolute atomic E-state index is 11.9. The summed E-state index contributed by atoms with van der Waals surface area (Å²) in [7, 11) is 1.56. The fourth-order valence-electron chi connectivity index (χ4n) is 2.84. The lowest BCUT2D eigenvalue weighted by Gasteiger charge is -2.17. The molecule has 6 N–H and O–H groups in total. The smallest absolute Gasteiger partial charge is 0.250 e. The molecule has 1 aliphatic carbocycles. The quantitative estimate of drug-likeness (QED) is 0.240. The van der Waals surface area contributed by atoms with Crippen LogP contribution in [0.2, 0.25) is 0 Å². The molecule has 1 heterocycles. The molecule has 1 aliphatic rings. The van der Waals surface area contributed by atoms with Crippen molar-refractivity contribution >= 4 is 17.4 Å². The number of benzene rings is 1. The van der Waals surface area contributed by atoms with Crippen LogP contribution in [-0.2, 0) is 4.79 Å². The molecule has 0 aliphatic heterocycles. The molecule has 1 saturated carbocycles. The van der Waals surface area contributed by atoms with Crippen molar-refractivity contribution < 1.29 is 14.6 Å². The molecule has 1 amide bonds. The van der Waals surface area contributed by atoms with Crippen LogP contribution >= 0.6 is 0 Å². The topological polar surface area (TPSA) is 136 Å². The van der Waals surface area contributed by atoms with Crippen LogP contribution in [0.5, 0.6) is 5.75 Å². The van der Waals surface area contributed by atoms with Gasteiger partial charge in [0.05, 0.1) is 24.2 Å². The van der Waals surface area contributed by atoms with Crippen molar-refractivity contribution in [3.63, 3.8) is 0 Å². The van der Waals surface area contributed by atoms with Crippen LogP contribution in [0.15, 0.2) is 65.3 Å². The second kappa shape index (κ2) is 9.13. The van der Waals surface area contributed by atoms with E-state index in [0.29, 0.717) is 11.4 Å². The summed E-state index contributed by atoms with van der Waals surface area (Å²) in [6, 6.07) is 9.43. The number of rotatable bonds is 7. The molecule has 8 nitrogen and oxygen atoms in total. The first-order valence-electron chi connectivity index (χ1n) is 9.50. The number of hydrogen-bond donors (Lipinski definition) is 4. The van der Waals surface area contributed by atoms with Gasteiger partial charge in [0.15, 0.2) is 0 Å². The fraction of sp³-hybridized carbons (Fsp3) is 0.227. The number of ether oxygens (including phenoxy) is 1. The highest BCUT2D eigenvalue weighted by molar-refractivity contribution is 6.02. The van der Waals surface area contributed by atoms with Crippen LogP contribution in [0.4, 0.5) is 5.69 Å². The Bertz CT molecular complexity index is 1020. The Hall–Kier alpha value is -3.81. The molecule has 0 atom stereocenters. The molecule has 0 radical (unpaired) electrons. The zero-order valence-electron chi connectivity index (χ0n) is 16.9. The zero-order chi connectivity index (χ0) is 21.7. The van der Waals surface area contributed by atoms with Gasteiger partial charge in [-0.2, -0.15) is 4.99 Å². The van der Waals surface area contributed by atoms with Gasteiger partial charge >= 0.3 is 0 Å². The van der Waals surface area contributed by atoms with Crippen LogP contribution in [0.25, 0.3) is 11.1 Å². The van der Waals surface area contributed by atoms with Gasteiger partial charge in [0, 0.05) is 35.0 Å². The molecule has 1 aromatic carbocycles. The van der Waals surface area contributed by atoms with Crippen LogP contribution < -0.4 is 21.5 Å². The summed E-state index contributed by atoms with van der Waals surface area (Å²) in [6.45, 7) is 1.92. The number of nitrogens with two attached hydrogens (primary N) is 2. The Labute approximate surface area is 175 Å². The summed E-state index contributed by atoms with van der Waals surface area (Å²) in [5, 5.41) is 12.5. The van der Waals surface area contributed by atoms with Gasteiger partial charge in [-0.3, -0.25) is 9.78 Å². The number of aryl methyl sites for hydroxylation is 1. The highest BCUT2D eigenvalue weighted by Crippen LogP contribution is 2.37. The van der Waals surface area contributed by atoms with E-state index in [1.807, 2.05) is 31.2 Å². The number of nitrogens with zero attached hydrogens (tertiary/aromatic N) is 2. The largest absolute Gasteiger partial charge is 0.513 e. The maximum atomic E-state index is 11.9. The lowest BCUT2D eigenvalue weighted by molar-refractivity contribution is -0.118. The number of anilines is 1. The summed E-state index contributed by atoms with van der Waals surface area (Å²) < 4.78 is 5.63. The molecule has 0 spiro atoms. The molecule has 30 heavy (non-hydrogen) atoms. The van der Waals surface area contributed by atoms with Gasteiger partial charge < -0.3 is 26.6 Å². The van der Waals surface area contributed by atoms with Gasteiger partial charge in [0.1, 0.15) is 17.8 Å². The molecular weight excluding hydrogens is 382 g/mol. The Balaban J connectivity index is 1.96. The number of aromatic nitrogens is 1. The van der Waals surface area contributed by atoms with Gasteiger partial charge in [-0.25, -0.2) is 0 Å². The minimum absolute atomic E-state index is 0.00273. The van der Waals surface area contributed by atoms with Crippen LogP contribution in [0.1, 0.15) is 18.5 Å². The van der Waals surface area contributed by atoms with Crippen molar-refractivity contribution in [1.29, 1.82) is 0 Å². The summed E-state index contributed by atoms with van der Waals surface area (Å²) >= 11 is 0. The summed E-state index contributed by atoms with van der Waals surface area (Å²) in [6.07, 6.45) is 5.59. The summed E-state index contributed by atoms with van der Waals surface area (Å²) in [4.78, 5) is 20.1. The van der Waals surface area contributed by atoms with Crippen LogP contribution in [0, 0.1) is 12.8 Å². The average molecular weight is 407 g/mol. The third-order valence-electron chi connectivity index (χ3n) is 4.62. The monoisotopic (exact) mass is 407 g/mol. The lowest BCUT2D eigenvalue weighted by Crippen LogP contribution is -2.18. The van der Waals surface area contributed by atoms with Crippen LogP contribution in [-0.4, -0.2) is 28.9 Å². The molecule has 1 aromatic heterocycles. The first-order valence-corrected chi connectivity index (χ1v) is 9.50. The number of pyridine rings is 1. The van der Waals surface area contributed by atoms with Crippen LogP contribution in [0.3, 0.4) is 0 Å². The first kappa shape index (κ1) is 20.9. The number of para-hydroxylation sites is 1. The van der Waals surface area contributed by atoms with E-state index in [2.05, 4.69) is 15.3 Å². The van der Waals surface area contributed by atoms with Gasteiger partial charge in [-0.15, -0.1) is 0 Å². The van der Waals surface area contributed by atoms with E-state index in [0.717, 1.165) is 35.9 Å². The number of carbonyl (C=O) groups excluding carboxylic acids is 1. The van der Waals surface area contributed by atoms with Gasteiger partial charge in [0.2, 0.25) is 0 Å². The Morgan fingerprint density at radius 2 is 2.07 bits per heavy atom. The molecule has 0 bridgehead atoms. The summed E-state index contributed by atoms with van der Waals surface area (Å²) in [5.41, 5.74) is 15.3. The number of aliphatic hydroxyl groups excluding tert-OH is 1. The average Bonchev–Trinajstić information content (AvgIpc) is 3.58. The number of amides is 1. The first-order chi connectivity index (χ1) is 14.4. The predicted molar refractivity (Wildman–Crippen MR) is 117 cm³/mol. The minimum Gasteiger partial charge on any atom is -0.513 e. The number of aliphatic imine (C=N–C) groups is 1. The molecule has 0 unspecified atom stereocenters. The molecule has 2 aromatic rings. The van der Waals surface area contributed by atoms with E-state index in [4.69, 9.17) is 16.2 Å². The van der Waals surface area contributed by atoms with E-state index >= 15 is 0 Å². The number of amidine groups is 1. The number of methoxy groups -OCH3 is 1. The standard InChI is InChI=1S/C22H25N5O3/c1-13-6-7-15(11-25-13)16-4-3-5-18(21(16)30-2)26-19(17(23)12-28)10-20(24)27-22(29)14-8-9-14/h3-7,10-12,14,26,28H,8-9,23H2,1-2H3,(H2,24,27,29)/b17-12+,19-10+. The molecular formula is C22H25N5O3. The summed E-state index contributed by atoms with van der Waals surface area (Å²) in [5.74, 6) is 0.265. The molecule has 3 rings (SSSR count). The number of aliphatic hydroxyl groups is 1. The maximum Gasteiger partial charge on any atom is 0.250 e. The third kappa shape index (κ3) is 4.96. The number of carbonyl (C=O) groups is 1. The Kier molecular flexibility index (Phi) is 6.36. The van der Waals surface area contributed by atoms with E-state index in [9.17, 15) is 9.90 Å². The highest BCUT2D eigenvalue weighted by atomic mass is 16.5. The molecule has 8 heteroatoms. The van der Waals surface area contributed by atoms with Crippen molar-refractivity contribution in [1.82, 2.24) is 4.98 Å². The lowest BCUT2D eigenvalue weighted by atomic mass is 10.0. The second-order valence-corrected chi connectivity index (χ2v) is 6.99. The van der Waals surface area contributed by atoms with Crippen molar-refractivity contribution in [3.05, 3.63) is 66.0 Å². The van der Waals surface area contributed by atoms with E-state index in [-0.39, 0.29) is 29.1 Å². The second-order valence-electron chi connectivity index (χ2n) is 6.99.